The van der Waals surface area contributed by atoms with Crippen LogP contribution < -0.4 is 5.69 Å². The van der Waals surface area contributed by atoms with Crippen LogP contribution in [0.5, 0.6) is 0 Å². The molecule has 80 valence electrons. The number of nitrogens with zero attached hydrogens (tertiary/aromatic N) is 1. The fourth-order valence-corrected chi connectivity index (χ4v) is 1.69. The number of rotatable bonds is 3. The van der Waals surface area contributed by atoms with Crippen molar-refractivity contribution in [2.75, 3.05) is 6.61 Å². The van der Waals surface area contributed by atoms with Crippen LogP contribution in [0.3, 0.4) is 0 Å². The van der Waals surface area contributed by atoms with Crippen molar-refractivity contribution in [2.45, 2.75) is 33.2 Å². The lowest BCUT2D eigenvalue weighted by Gasteiger charge is -2.30. The van der Waals surface area contributed by atoms with Gasteiger partial charge in [0.05, 0.1) is 0 Å². The van der Waals surface area contributed by atoms with Gasteiger partial charge in [0.15, 0.2) is 0 Å². The van der Waals surface area contributed by atoms with Gasteiger partial charge < -0.3 is 10.1 Å². The minimum atomic E-state index is -0.113. The first kappa shape index (κ1) is 11.0. The van der Waals surface area contributed by atoms with Crippen LogP contribution in [0.2, 0.25) is 0 Å². The second kappa shape index (κ2) is 4.00. The van der Waals surface area contributed by atoms with Gasteiger partial charge in [-0.2, -0.15) is 0 Å². The van der Waals surface area contributed by atoms with Gasteiger partial charge in [-0.05, 0) is 11.8 Å². The average molecular weight is 198 g/mol. The molecule has 0 saturated carbocycles. The molecule has 0 fully saturated rings. The van der Waals surface area contributed by atoms with Crippen LogP contribution >= 0.6 is 0 Å². The Balaban J connectivity index is 3.01. The molecule has 1 aromatic rings. The van der Waals surface area contributed by atoms with Crippen LogP contribution in [0.15, 0.2) is 17.2 Å². The number of hydrogen-bond acceptors (Lipinski definition) is 2. The molecular formula is C10H18N2O2. The van der Waals surface area contributed by atoms with E-state index in [-0.39, 0.29) is 23.8 Å². The zero-order valence-electron chi connectivity index (χ0n) is 8.95. The molecule has 0 amide bonds. The highest BCUT2D eigenvalue weighted by molar-refractivity contribution is 4.87. The lowest BCUT2D eigenvalue weighted by molar-refractivity contribution is 0.175. The lowest BCUT2D eigenvalue weighted by Crippen LogP contribution is -2.31. The molecule has 1 aromatic heterocycles. The van der Waals surface area contributed by atoms with E-state index in [1.54, 1.807) is 17.0 Å². The number of hydrogen-bond donors (Lipinski definition) is 2. The molecule has 14 heavy (non-hydrogen) atoms. The van der Waals surface area contributed by atoms with E-state index in [4.69, 9.17) is 5.11 Å². The van der Waals surface area contributed by atoms with E-state index in [1.165, 1.54) is 0 Å². The Kier molecular flexibility index (Phi) is 3.16. The Morgan fingerprint density at radius 2 is 2.21 bits per heavy atom. The highest BCUT2D eigenvalue weighted by Gasteiger charge is 2.26. The van der Waals surface area contributed by atoms with Gasteiger partial charge in [0.25, 0.3) is 0 Å². The number of aliphatic hydroxyl groups excluding tert-OH is 1. The van der Waals surface area contributed by atoms with Gasteiger partial charge in [-0.15, -0.1) is 0 Å². The van der Waals surface area contributed by atoms with E-state index in [0.717, 1.165) is 0 Å². The third-order valence-electron chi connectivity index (χ3n) is 2.41. The van der Waals surface area contributed by atoms with E-state index in [0.29, 0.717) is 6.42 Å². The normalized spacial score (nSPS) is 14.3. The molecule has 1 unspecified atom stereocenters. The third kappa shape index (κ3) is 2.26. The number of aromatic amines is 1. The molecule has 0 aromatic carbocycles. The van der Waals surface area contributed by atoms with Crippen LogP contribution in [0, 0.1) is 5.41 Å². The molecule has 2 N–H and O–H groups in total. The van der Waals surface area contributed by atoms with Crippen LogP contribution in [0.4, 0.5) is 0 Å². The Morgan fingerprint density at radius 3 is 2.57 bits per heavy atom. The minimum Gasteiger partial charge on any atom is -0.396 e. The smallest absolute Gasteiger partial charge is 0.325 e. The van der Waals surface area contributed by atoms with Gasteiger partial charge in [-0.1, -0.05) is 20.8 Å². The Labute approximate surface area is 83.6 Å². The van der Waals surface area contributed by atoms with E-state index in [1.807, 2.05) is 0 Å². The zero-order chi connectivity index (χ0) is 10.8. The van der Waals surface area contributed by atoms with Crippen molar-refractivity contribution < 1.29 is 5.11 Å². The maximum Gasteiger partial charge on any atom is 0.325 e. The molecule has 0 aliphatic rings. The fourth-order valence-electron chi connectivity index (χ4n) is 1.69. The lowest BCUT2D eigenvalue weighted by atomic mass is 9.85. The van der Waals surface area contributed by atoms with Crippen molar-refractivity contribution in [1.29, 1.82) is 0 Å². The molecule has 0 spiro atoms. The average Bonchev–Trinajstić information content (AvgIpc) is 2.45. The molecule has 4 heteroatoms. The number of nitrogens with one attached hydrogen (secondary N) is 1. The largest absolute Gasteiger partial charge is 0.396 e. The maximum atomic E-state index is 11.4. The zero-order valence-corrected chi connectivity index (χ0v) is 8.95. The van der Waals surface area contributed by atoms with E-state index < -0.39 is 0 Å². The van der Waals surface area contributed by atoms with E-state index in [2.05, 4.69) is 25.8 Å². The predicted octanol–water partition coefficient (Wildman–Crippen LogP) is 1.15. The molecule has 1 heterocycles. The SMILES string of the molecule is CC(C)(C)C(CCO)n1cc[nH]c1=O. The van der Waals surface area contributed by atoms with E-state index in [9.17, 15) is 4.79 Å². The summed E-state index contributed by atoms with van der Waals surface area (Å²) >= 11 is 0. The first-order valence-electron chi connectivity index (χ1n) is 4.83. The van der Waals surface area contributed by atoms with Gasteiger partial charge in [0.1, 0.15) is 0 Å². The maximum absolute atomic E-state index is 11.4. The summed E-state index contributed by atoms with van der Waals surface area (Å²) in [5.74, 6) is 0. The molecule has 1 rings (SSSR count). The summed E-state index contributed by atoms with van der Waals surface area (Å²) < 4.78 is 1.65. The van der Waals surface area contributed by atoms with Crippen molar-refractivity contribution in [2.24, 2.45) is 5.41 Å². The number of aromatic nitrogens is 2. The molecule has 0 bridgehead atoms. The van der Waals surface area contributed by atoms with Crippen LogP contribution in [0.25, 0.3) is 0 Å². The van der Waals surface area contributed by atoms with Gasteiger partial charge in [-0.25, -0.2) is 4.79 Å². The highest BCUT2D eigenvalue weighted by atomic mass is 16.3. The van der Waals surface area contributed by atoms with Gasteiger partial charge in [0, 0.05) is 25.0 Å². The van der Waals surface area contributed by atoms with Crippen molar-refractivity contribution in [3.05, 3.63) is 22.9 Å². The Hall–Kier alpha value is -1.03. The first-order chi connectivity index (χ1) is 6.46. The summed E-state index contributed by atoms with van der Waals surface area (Å²) in [7, 11) is 0. The van der Waals surface area contributed by atoms with Crippen molar-refractivity contribution in [3.63, 3.8) is 0 Å². The first-order valence-corrected chi connectivity index (χ1v) is 4.83. The minimum absolute atomic E-state index is 0.0330. The van der Waals surface area contributed by atoms with Crippen molar-refractivity contribution in [1.82, 2.24) is 9.55 Å². The Morgan fingerprint density at radius 1 is 1.57 bits per heavy atom. The number of H-pyrrole nitrogens is 1. The summed E-state index contributed by atoms with van der Waals surface area (Å²) in [4.78, 5) is 14.0. The summed E-state index contributed by atoms with van der Waals surface area (Å²) in [5.41, 5.74) is -0.146. The standard InChI is InChI=1S/C10H18N2O2/c1-10(2,3)8(4-7-13)12-6-5-11-9(12)14/h5-6,8,13H,4,7H2,1-3H3,(H,11,14). The molecule has 0 radical (unpaired) electrons. The number of imidazole rings is 1. The third-order valence-corrected chi connectivity index (χ3v) is 2.41. The quantitative estimate of drug-likeness (QED) is 0.765. The fraction of sp³-hybridized carbons (Fsp3) is 0.700. The molecule has 1 atom stereocenters. The Bertz CT molecular complexity index is 332. The summed E-state index contributed by atoms with van der Waals surface area (Å²) in [5, 5.41) is 8.96. The van der Waals surface area contributed by atoms with E-state index >= 15 is 0 Å². The highest BCUT2D eigenvalue weighted by Crippen LogP contribution is 2.31. The van der Waals surface area contributed by atoms with Gasteiger partial charge >= 0.3 is 5.69 Å². The number of aliphatic hydroxyl groups is 1. The molecule has 0 aliphatic carbocycles. The van der Waals surface area contributed by atoms with Crippen LogP contribution in [-0.2, 0) is 0 Å². The van der Waals surface area contributed by atoms with Crippen LogP contribution in [-0.4, -0.2) is 21.3 Å². The summed E-state index contributed by atoms with van der Waals surface area (Å²) in [6.07, 6.45) is 3.95. The molecular weight excluding hydrogens is 180 g/mol. The monoisotopic (exact) mass is 198 g/mol. The van der Waals surface area contributed by atoms with Gasteiger partial charge in [0.2, 0.25) is 0 Å². The van der Waals surface area contributed by atoms with Crippen LogP contribution in [0.1, 0.15) is 33.2 Å². The summed E-state index contributed by atoms with van der Waals surface area (Å²) in [6, 6.07) is 0.0336. The van der Waals surface area contributed by atoms with Crippen molar-refractivity contribution >= 4 is 0 Å². The molecule has 0 aliphatic heterocycles. The van der Waals surface area contributed by atoms with Crippen molar-refractivity contribution in [3.8, 4) is 0 Å². The predicted molar refractivity (Wildman–Crippen MR) is 55.2 cm³/mol. The second-order valence-corrected chi connectivity index (χ2v) is 4.57. The second-order valence-electron chi connectivity index (χ2n) is 4.57. The summed E-state index contributed by atoms with van der Waals surface area (Å²) in [6.45, 7) is 6.28. The topological polar surface area (TPSA) is 58.0 Å². The van der Waals surface area contributed by atoms with Gasteiger partial charge in [-0.3, -0.25) is 4.57 Å². The molecule has 0 saturated heterocycles. The molecule has 4 nitrogen and oxygen atoms in total.